The topological polar surface area (TPSA) is 55.2 Å². The van der Waals surface area contributed by atoms with Crippen LogP contribution >= 0.6 is 11.3 Å². The lowest BCUT2D eigenvalue weighted by Gasteiger charge is -1.98. The fourth-order valence-electron chi connectivity index (χ4n) is 1.17. The molecule has 1 N–H and O–H groups in total. The monoisotopic (exact) mass is 222 g/mol. The number of aliphatic hydroxyl groups excluding tert-OH is 1. The molecule has 78 valence electrons. The molecule has 4 nitrogen and oxygen atoms in total. The quantitative estimate of drug-likeness (QED) is 0.858. The zero-order chi connectivity index (χ0) is 10.7. The number of methoxy groups -OCH3 is 1. The van der Waals surface area contributed by atoms with Crippen LogP contribution in [0.15, 0.2) is 24.5 Å². The van der Waals surface area contributed by atoms with E-state index in [1.165, 1.54) is 18.4 Å². The largest absolute Gasteiger partial charge is 0.467 e. The molecule has 15 heavy (non-hydrogen) atoms. The van der Waals surface area contributed by atoms with Crippen LogP contribution in [0.2, 0.25) is 0 Å². The lowest BCUT2D eigenvalue weighted by atomic mass is 10.3. The van der Waals surface area contributed by atoms with E-state index in [9.17, 15) is 0 Å². The van der Waals surface area contributed by atoms with E-state index in [-0.39, 0.29) is 6.61 Å². The number of ether oxygens (including phenoxy) is 1. The zero-order valence-corrected chi connectivity index (χ0v) is 8.99. The second-order valence-corrected chi connectivity index (χ2v) is 4.05. The molecule has 0 saturated heterocycles. The second kappa shape index (κ2) is 4.37. The molecule has 0 saturated carbocycles. The van der Waals surface area contributed by atoms with Gasteiger partial charge in [-0.3, -0.25) is 0 Å². The van der Waals surface area contributed by atoms with Crippen LogP contribution < -0.4 is 4.74 Å². The lowest BCUT2D eigenvalue weighted by molar-refractivity contribution is 0.285. The van der Waals surface area contributed by atoms with Crippen molar-refractivity contribution >= 4 is 11.3 Å². The molecule has 0 spiro atoms. The maximum Gasteiger partial charge on any atom is 0.316 e. The number of aromatic nitrogens is 2. The first-order chi connectivity index (χ1) is 7.33. The highest BCUT2D eigenvalue weighted by Gasteiger charge is 2.03. The predicted molar refractivity (Wildman–Crippen MR) is 57.8 cm³/mol. The summed E-state index contributed by atoms with van der Waals surface area (Å²) in [6.07, 6.45) is 3.41. The molecule has 2 aromatic rings. The highest BCUT2D eigenvalue weighted by Crippen LogP contribution is 2.27. The van der Waals surface area contributed by atoms with Crippen molar-refractivity contribution in [3.63, 3.8) is 0 Å². The predicted octanol–water partition coefficient (Wildman–Crippen LogP) is 1.71. The van der Waals surface area contributed by atoms with Crippen molar-refractivity contribution in [1.82, 2.24) is 9.97 Å². The molecule has 5 heteroatoms. The van der Waals surface area contributed by atoms with E-state index in [1.54, 1.807) is 12.4 Å². The van der Waals surface area contributed by atoms with Crippen LogP contribution in [0.25, 0.3) is 10.4 Å². The van der Waals surface area contributed by atoms with E-state index in [0.29, 0.717) is 6.01 Å². The van der Waals surface area contributed by atoms with Gasteiger partial charge in [-0.05, 0) is 12.1 Å². The molecule has 0 atom stereocenters. The summed E-state index contributed by atoms with van der Waals surface area (Å²) < 4.78 is 4.87. The number of thiophene rings is 1. The Kier molecular flexibility index (Phi) is 2.94. The summed E-state index contributed by atoms with van der Waals surface area (Å²) in [7, 11) is 1.53. The van der Waals surface area contributed by atoms with Crippen LogP contribution in [0.5, 0.6) is 6.01 Å². The first kappa shape index (κ1) is 10.1. The Bertz CT molecular complexity index is 439. The molecule has 0 radical (unpaired) electrons. The van der Waals surface area contributed by atoms with Gasteiger partial charge in [0.15, 0.2) is 0 Å². The van der Waals surface area contributed by atoms with Crippen LogP contribution in [-0.4, -0.2) is 22.2 Å². The van der Waals surface area contributed by atoms with Gasteiger partial charge in [-0.2, -0.15) is 0 Å². The Balaban J connectivity index is 2.28. The Labute approximate surface area is 91.2 Å². The van der Waals surface area contributed by atoms with Gasteiger partial charge in [0.05, 0.1) is 13.7 Å². The van der Waals surface area contributed by atoms with Gasteiger partial charge in [-0.1, -0.05) is 0 Å². The molecular weight excluding hydrogens is 212 g/mol. The van der Waals surface area contributed by atoms with Crippen molar-refractivity contribution in [3.05, 3.63) is 29.4 Å². The molecule has 2 rings (SSSR count). The van der Waals surface area contributed by atoms with Crippen LogP contribution in [-0.2, 0) is 6.61 Å². The molecular formula is C10H10N2O2S. The van der Waals surface area contributed by atoms with E-state index in [4.69, 9.17) is 9.84 Å². The highest BCUT2D eigenvalue weighted by molar-refractivity contribution is 7.15. The summed E-state index contributed by atoms with van der Waals surface area (Å²) in [5.41, 5.74) is 0.931. The number of hydrogen-bond acceptors (Lipinski definition) is 5. The molecule has 0 aliphatic heterocycles. The summed E-state index contributed by atoms with van der Waals surface area (Å²) in [5, 5.41) is 8.94. The minimum Gasteiger partial charge on any atom is -0.467 e. The Morgan fingerprint density at radius 1 is 1.33 bits per heavy atom. The minimum atomic E-state index is 0.0711. The molecule has 0 bridgehead atoms. The Morgan fingerprint density at radius 3 is 2.60 bits per heavy atom. The molecule has 2 aromatic heterocycles. The van der Waals surface area contributed by atoms with Gasteiger partial charge >= 0.3 is 6.01 Å². The molecule has 0 aliphatic carbocycles. The zero-order valence-electron chi connectivity index (χ0n) is 8.17. The van der Waals surface area contributed by atoms with Crippen molar-refractivity contribution in [2.24, 2.45) is 0 Å². The average molecular weight is 222 g/mol. The first-order valence-corrected chi connectivity index (χ1v) is 5.21. The summed E-state index contributed by atoms with van der Waals surface area (Å²) in [4.78, 5) is 10.0. The molecule has 0 aliphatic rings. The molecule has 0 amide bonds. The van der Waals surface area contributed by atoms with E-state index in [1.807, 2.05) is 12.1 Å². The Morgan fingerprint density at radius 2 is 2.07 bits per heavy atom. The number of rotatable bonds is 3. The van der Waals surface area contributed by atoms with Crippen molar-refractivity contribution < 1.29 is 9.84 Å². The average Bonchev–Trinajstić information content (AvgIpc) is 2.78. The van der Waals surface area contributed by atoms with E-state index < -0.39 is 0 Å². The van der Waals surface area contributed by atoms with Gasteiger partial charge in [-0.15, -0.1) is 11.3 Å². The van der Waals surface area contributed by atoms with Gasteiger partial charge < -0.3 is 9.84 Å². The van der Waals surface area contributed by atoms with Crippen LogP contribution in [0.3, 0.4) is 0 Å². The van der Waals surface area contributed by atoms with Crippen molar-refractivity contribution in [1.29, 1.82) is 0 Å². The van der Waals surface area contributed by atoms with Crippen molar-refractivity contribution in [2.45, 2.75) is 6.61 Å². The number of hydrogen-bond donors (Lipinski definition) is 1. The molecule has 0 unspecified atom stereocenters. The van der Waals surface area contributed by atoms with Crippen LogP contribution in [0.1, 0.15) is 4.88 Å². The highest BCUT2D eigenvalue weighted by atomic mass is 32.1. The lowest BCUT2D eigenvalue weighted by Crippen LogP contribution is -1.90. The third-order valence-electron chi connectivity index (χ3n) is 1.91. The smallest absolute Gasteiger partial charge is 0.316 e. The third-order valence-corrected chi connectivity index (χ3v) is 3.03. The van der Waals surface area contributed by atoms with E-state index in [2.05, 4.69) is 9.97 Å². The first-order valence-electron chi connectivity index (χ1n) is 4.39. The van der Waals surface area contributed by atoms with Gasteiger partial charge in [-0.25, -0.2) is 9.97 Å². The normalized spacial score (nSPS) is 10.3. The number of nitrogens with zero attached hydrogens (tertiary/aromatic N) is 2. The molecule has 0 aromatic carbocycles. The molecule has 2 heterocycles. The maximum atomic E-state index is 8.94. The number of aliphatic hydroxyl groups is 1. The minimum absolute atomic E-state index is 0.0711. The van der Waals surface area contributed by atoms with Gasteiger partial charge in [0, 0.05) is 27.7 Å². The third kappa shape index (κ3) is 2.14. The summed E-state index contributed by atoms with van der Waals surface area (Å²) in [6.45, 7) is 0.0711. The summed E-state index contributed by atoms with van der Waals surface area (Å²) >= 11 is 1.53. The van der Waals surface area contributed by atoms with Gasteiger partial charge in [0.1, 0.15) is 0 Å². The summed E-state index contributed by atoms with van der Waals surface area (Å²) in [6, 6.07) is 4.20. The standard InChI is InChI=1S/C10H10N2O2S/c1-14-10-11-4-7(5-12-10)9-3-2-8(6-13)15-9/h2-5,13H,6H2,1H3. The fraction of sp³-hybridized carbons (Fsp3) is 0.200. The SMILES string of the molecule is COc1ncc(-c2ccc(CO)s2)cn1. The van der Waals surface area contributed by atoms with Crippen LogP contribution in [0, 0.1) is 0 Å². The van der Waals surface area contributed by atoms with Crippen LogP contribution in [0.4, 0.5) is 0 Å². The van der Waals surface area contributed by atoms with Crippen molar-refractivity contribution in [2.75, 3.05) is 7.11 Å². The second-order valence-electron chi connectivity index (χ2n) is 2.88. The maximum absolute atomic E-state index is 8.94. The van der Waals surface area contributed by atoms with Crippen molar-refractivity contribution in [3.8, 4) is 16.5 Å². The van der Waals surface area contributed by atoms with E-state index >= 15 is 0 Å². The fourth-order valence-corrected chi connectivity index (χ4v) is 2.01. The Hall–Kier alpha value is -1.46. The van der Waals surface area contributed by atoms with Gasteiger partial charge in [0.25, 0.3) is 0 Å². The molecule has 0 fully saturated rings. The van der Waals surface area contributed by atoms with Gasteiger partial charge in [0.2, 0.25) is 0 Å². The van der Waals surface area contributed by atoms with E-state index in [0.717, 1.165) is 15.3 Å². The summed E-state index contributed by atoms with van der Waals surface area (Å²) in [5.74, 6) is 0.